The molecule has 1 aliphatic rings. The van der Waals surface area contributed by atoms with E-state index >= 15 is 0 Å². The maximum absolute atomic E-state index is 12.5. The average molecular weight is 301 g/mol. The maximum atomic E-state index is 12.5. The van der Waals surface area contributed by atoms with Crippen LogP contribution in [0.3, 0.4) is 0 Å². The highest BCUT2D eigenvalue weighted by molar-refractivity contribution is 5.72. The molecule has 0 aliphatic carbocycles. The molecule has 0 amide bonds. The highest BCUT2D eigenvalue weighted by Crippen LogP contribution is 2.31. The highest BCUT2D eigenvalue weighted by atomic mass is 19.4. The van der Waals surface area contributed by atoms with Crippen molar-refractivity contribution in [3.63, 3.8) is 0 Å². The van der Waals surface area contributed by atoms with Crippen LogP contribution in [-0.2, 0) is 15.7 Å². The van der Waals surface area contributed by atoms with Crippen LogP contribution in [0.4, 0.5) is 18.9 Å². The zero-order valence-electron chi connectivity index (χ0n) is 11.8. The number of benzene rings is 1. The molecule has 1 fully saturated rings. The summed E-state index contributed by atoms with van der Waals surface area (Å²) < 4.78 is 42.5. The number of halogens is 3. The van der Waals surface area contributed by atoms with Crippen molar-refractivity contribution in [2.24, 2.45) is 5.92 Å². The molecule has 0 N–H and O–H groups in total. The zero-order chi connectivity index (χ0) is 15.5. The van der Waals surface area contributed by atoms with Gasteiger partial charge in [-0.2, -0.15) is 13.2 Å². The number of piperidine rings is 1. The lowest BCUT2D eigenvalue weighted by atomic mass is 9.96. The Hall–Kier alpha value is -1.72. The van der Waals surface area contributed by atoms with Gasteiger partial charge in [-0.15, -0.1) is 0 Å². The molecule has 116 valence electrons. The Morgan fingerprint density at radius 3 is 2.29 bits per heavy atom. The molecule has 1 heterocycles. The van der Waals surface area contributed by atoms with Gasteiger partial charge in [-0.3, -0.25) is 4.79 Å². The first-order chi connectivity index (χ1) is 9.91. The van der Waals surface area contributed by atoms with Crippen molar-refractivity contribution in [3.8, 4) is 0 Å². The van der Waals surface area contributed by atoms with E-state index in [0.29, 0.717) is 32.5 Å². The summed E-state index contributed by atoms with van der Waals surface area (Å²) in [5.41, 5.74) is 0.109. The number of carbonyl (C=O) groups excluding carboxylic acids is 1. The summed E-state index contributed by atoms with van der Waals surface area (Å²) >= 11 is 0. The van der Waals surface area contributed by atoms with Crippen molar-refractivity contribution in [3.05, 3.63) is 29.8 Å². The number of hydrogen-bond acceptors (Lipinski definition) is 3. The van der Waals surface area contributed by atoms with Crippen LogP contribution in [0, 0.1) is 5.92 Å². The van der Waals surface area contributed by atoms with Crippen LogP contribution in [0.2, 0.25) is 0 Å². The molecule has 3 nitrogen and oxygen atoms in total. The van der Waals surface area contributed by atoms with Crippen molar-refractivity contribution >= 4 is 11.7 Å². The fourth-order valence-corrected chi connectivity index (χ4v) is 2.49. The highest BCUT2D eigenvalue weighted by Gasteiger charge is 2.31. The van der Waals surface area contributed by atoms with Gasteiger partial charge < -0.3 is 9.64 Å². The lowest BCUT2D eigenvalue weighted by Crippen LogP contribution is -2.37. The Morgan fingerprint density at radius 1 is 1.24 bits per heavy atom. The summed E-state index contributed by atoms with van der Waals surface area (Å²) in [6.07, 6.45) is -2.98. The molecule has 1 saturated heterocycles. The second-order valence-electron chi connectivity index (χ2n) is 5.06. The van der Waals surface area contributed by atoms with Gasteiger partial charge in [0.25, 0.3) is 0 Å². The molecule has 1 aromatic carbocycles. The van der Waals surface area contributed by atoms with Crippen LogP contribution >= 0.6 is 0 Å². The normalized spacial score (nSPS) is 16.9. The standard InChI is InChI=1S/C15H18F3NO2/c1-2-21-14(20)11-7-9-19(10-8-11)13-5-3-12(4-6-13)15(16,17)18/h3-6,11H,2,7-10H2,1H3. The number of rotatable bonds is 3. The summed E-state index contributed by atoms with van der Waals surface area (Å²) in [5.74, 6) is -0.278. The zero-order valence-corrected chi connectivity index (χ0v) is 11.8. The molecule has 0 spiro atoms. The van der Waals surface area contributed by atoms with Gasteiger partial charge in [0.2, 0.25) is 0 Å². The Bertz CT molecular complexity index is 477. The van der Waals surface area contributed by atoms with Crippen molar-refractivity contribution in [2.75, 3.05) is 24.6 Å². The molecule has 0 unspecified atom stereocenters. The second kappa shape index (κ2) is 6.37. The first-order valence-corrected chi connectivity index (χ1v) is 7.00. The molecule has 1 aromatic rings. The molecule has 21 heavy (non-hydrogen) atoms. The SMILES string of the molecule is CCOC(=O)C1CCN(c2ccc(C(F)(F)F)cc2)CC1. The summed E-state index contributed by atoms with van der Waals surface area (Å²) in [6, 6.07) is 5.14. The van der Waals surface area contributed by atoms with E-state index in [-0.39, 0.29) is 11.9 Å². The molecule has 0 atom stereocenters. The molecular formula is C15H18F3NO2. The van der Waals surface area contributed by atoms with E-state index in [0.717, 1.165) is 17.8 Å². The van der Waals surface area contributed by atoms with E-state index in [4.69, 9.17) is 4.74 Å². The van der Waals surface area contributed by atoms with Crippen LogP contribution in [0.5, 0.6) is 0 Å². The minimum Gasteiger partial charge on any atom is -0.466 e. The molecule has 1 aliphatic heterocycles. The smallest absolute Gasteiger partial charge is 0.416 e. The quantitative estimate of drug-likeness (QED) is 0.801. The molecule has 0 saturated carbocycles. The van der Waals surface area contributed by atoms with E-state index in [9.17, 15) is 18.0 Å². The van der Waals surface area contributed by atoms with Gasteiger partial charge in [0.15, 0.2) is 0 Å². The second-order valence-corrected chi connectivity index (χ2v) is 5.06. The van der Waals surface area contributed by atoms with Crippen LogP contribution in [-0.4, -0.2) is 25.7 Å². The Kier molecular flexibility index (Phi) is 4.75. The van der Waals surface area contributed by atoms with Gasteiger partial charge in [0.1, 0.15) is 0 Å². The minimum atomic E-state index is -4.31. The first-order valence-electron chi connectivity index (χ1n) is 7.00. The van der Waals surface area contributed by atoms with Gasteiger partial charge in [0.05, 0.1) is 18.1 Å². The third-order valence-electron chi connectivity index (χ3n) is 3.67. The predicted molar refractivity (Wildman–Crippen MR) is 73.0 cm³/mol. The number of esters is 1. The molecular weight excluding hydrogens is 283 g/mol. The summed E-state index contributed by atoms with van der Waals surface area (Å²) in [6.45, 7) is 3.44. The van der Waals surface area contributed by atoms with E-state index < -0.39 is 11.7 Å². The molecule has 6 heteroatoms. The van der Waals surface area contributed by atoms with Crippen LogP contribution in [0.1, 0.15) is 25.3 Å². The van der Waals surface area contributed by atoms with Crippen molar-refractivity contribution in [1.82, 2.24) is 0 Å². The van der Waals surface area contributed by atoms with E-state index in [1.807, 2.05) is 4.90 Å². The minimum absolute atomic E-state index is 0.101. The summed E-state index contributed by atoms with van der Waals surface area (Å²) in [7, 11) is 0. The summed E-state index contributed by atoms with van der Waals surface area (Å²) in [4.78, 5) is 13.6. The topological polar surface area (TPSA) is 29.5 Å². The maximum Gasteiger partial charge on any atom is 0.416 e. The van der Waals surface area contributed by atoms with Crippen LogP contribution in [0.25, 0.3) is 0 Å². The molecule has 2 rings (SSSR count). The first kappa shape index (κ1) is 15.7. The van der Waals surface area contributed by atoms with Gasteiger partial charge in [-0.1, -0.05) is 0 Å². The van der Waals surface area contributed by atoms with Gasteiger partial charge in [-0.05, 0) is 44.0 Å². The Morgan fingerprint density at radius 2 is 1.81 bits per heavy atom. The van der Waals surface area contributed by atoms with Gasteiger partial charge in [-0.25, -0.2) is 0 Å². The lowest BCUT2D eigenvalue weighted by molar-refractivity contribution is -0.148. The Balaban J connectivity index is 1.95. The fourth-order valence-electron chi connectivity index (χ4n) is 2.49. The molecule has 0 bridgehead atoms. The summed E-state index contributed by atoms with van der Waals surface area (Å²) in [5, 5.41) is 0. The number of nitrogens with zero attached hydrogens (tertiary/aromatic N) is 1. The fraction of sp³-hybridized carbons (Fsp3) is 0.533. The number of hydrogen-bond donors (Lipinski definition) is 0. The van der Waals surface area contributed by atoms with Crippen LogP contribution in [0.15, 0.2) is 24.3 Å². The van der Waals surface area contributed by atoms with Crippen LogP contribution < -0.4 is 4.90 Å². The molecule has 0 aromatic heterocycles. The predicted octanol–water partition coefficient (Wildman–Crippen LogP) is 3.48. The lowest BCUT2D eigenvalue weighted by Gasteiger charge is -2.32. The van der Waals surface area contributed by atoms with E-state index in [2.05, 4.69) is 0 Å². The largest absolute Gasteiger partial charge is 0.466 e. The van der Waals surface area contributed by atoms with Crippen molar-refractivity contribution in [2.45, 2.75) is 25.9 Å². The van der Waals surface area contributed by atoms with Crippen molar-refractivity contribution < 1.29 is 22.7 Å². The number of ether oxygens (including phenoxy) is 1. The number of carbonyl (C=O) groups is 1. The third kappa shape index (κ3) is 3.89. The van der Waals surface area contributed by atoms with Gasteiger partial charge in [0, 0.05) is 18.8 Å². The van der Waals surface area contributed by atoms with E-state index in [1.54, 1.807) is 6.92 Å². The van der Waals surface area contributed by atoms with Gasteiger partial charge >= 0.3 is 12.1 Å². The monoisotopic (exact) mass is 301 g/mol. The average Bonchev–Trinajstić information content (AvgIpc) is 2.47. The Labute approximate surface area is 121 Å². The number of anilines is 1. The van der Waals surface area contributed by atoms with E-state index in [1.165, 1.54) is 12.1 Å². The number of alkyl halides is 3. The van der Waals surface area contributed by atoms with Crippen molar-refractivity contribution in [1.29, 1.82) is 0 Å². The third-order valence-corrected chi connectivity index (χ3v) is 3.67. The molecule has 0 radical (unpaired) electrons.